The molecular weight excluding hydrogens is 167 g/mol. The molecule has 0 spiro atoms. The molecule has 2 heteroatoms. The quantitative estimate of drug-likeness (QED) is 0.651. The zero-order chi connectivity index (χ0) is 9.68. The molecule has 0 amide bonds. The van der Waals surface area contributed by atoms with Crippen LogP contribution in [0.3, 0.4) is 0 Å². The number of carbonyl (C=O) groups excluding carboxylic acids is 1. The van der Waals surface area contributed by atoms with E-state index in [9.17, 15) is 9.18 Å². The third-order valence-electron chi connectivity index (χ3n) is 1.99. The Hall–Kier alpha value is -1.18. The van der Waals surface area contributed by atoms with Crippen LogP contribution in [-0.2, 0) is 11.2 Å². The summed E-state index contributed by atoms with van der Waals surface area (Å²) in [6, 6.07) is 7.16. The topological polar surface area (TPSA) is 17.1 Å². The monoisotopic (exact) mass is 180 g/mol. The van der Waals surface area contributed by atoms with E-state index < -0.39 is 6.17 Å². The number of carbonyl (C=O) groups is 1. The minimum absolute atomic E-state index is 0.342. The number of alkyl halides is 1. The normalized spacial score (nSPS) is 12.5. The standard InChI is InChI=1S/C11H13FO/c1-2-5-9-6-3-4-7-10(9)11(12)8-13/h3-4,6-8,11H,2,5H2,1H3. The van der Waals surface area contributed by atoms with Crippen molar-refractivity contribution < 1.29 is 9.18 Å². The van der Waals surface area contributed by atoms with Gasteiger partial charge in [-0.2, -0.15) is 0 Å². The molecule has 0 radical (unpaired) electrons. The third-order valence-corrected chi connectivity index (χ3v) is 1.99. The van der Waals surface area contributed by atoms with Crippen LogP contribution in [-0.4, -0.2) is 6.29 Å². The maximum atomic E-state index is 13.1. The lowest BCUT2D eigenvalue weighted by molar-refractivity contribution is -0.112. The van der Waals surface area contributed by atoms with Crippen molar-refractivity contribution in [3.05, 3.63) is 35.4 Å². The SMILES string of the molecule is CCCc1ccccc1C(F)C=O. The summed E-state index contributed by atoms with van der Waals surface area (Å²) in [5, 5.41) is 0. The number of halogens is 1. The highest BCUT2D eigenvalue weighted by Gasteiger charge is 2.11. The molecule has 0 fully saturated rings. The summed E-state index contributed by atoms with van der Waals surface area (Å²) in [4.78, 5) is 10.3. The van der Waals surface area contributed by atoms with Gasteiger partial charge in [-0.05, 0) is 17.5 Å². The molecule has 0 aliphatic rings. The van der Waals surface area contributed by atoms with Crippen LogP contribution in [0.1, 0.15) is 30.6 Å². The van der Waals surface area contributed by atoms with Crippen LogP contribution in [0.5, 0.6) is 0 Å². The highest BCUT2D eigenvalue weighted by atomic mass is 19.1. The second-order valence-electron chi connectivity index (χ2n) is 2.99. The Labute approximate surface area is 77.6 Å². The fourth-order valence-corrected chi connectivity index (χ4v) is 1.37. The second-order valence-corrected chi connectivity index (χ2v) is 2.99. The summed E-state index contributed by atoms with van der Waals surface area (Å²) in [6.07, 6.45) is 0.657. The van der Waals surface area contributed by atoms with Gasteiger partial charge in [-0.1, -0.05) is 37.6 Å². The molecule has 1 rings (SSSR count). The van der Waals surface area contributed by atoms with Gasteiger partial charge in [0.25, 0.3) is 0 Å². The van der Waals surface area contributed by atoms with Crippen molar-refractivity contribution in [1.82, 2.24) is 0 Å². The molecule has 1 aromatic rings. The fraction of sp³-hybridized carbons (Fsp3) is 0.364. The van der Waals surface area contributed by atoms with E-state index in [4.69, 9.17) is 0 Å². The molecule has 1 nitrogen and oxygen atoms in total. The summed E-state index contributed by atoms with van der Waals surface area (Å²) in [7, 11) is 0. The van der Waals surface area contributed by atoms with Gasteiger partial charge in [0, 0.05) is 0 Å². The lowest BCUT2D eigenvalue weighted by Crippen LogP contribution is -1.98. The average Bonchev–Trinajstić information content (AvgIpc) is 2.18. The van der Waals surface area contributed by atoms with E-state index in [2.05, 4.69) is 0 Å². The Morgan fingerprint density at radius 2 is 2.15 bits per heavy atom. The number of hydrogen-bond acceptors (Lipinski definition) is 1. The van der Waals surface area contributed by atoms with Crippen LogP contribution in [0, 0.1) is 0 Å². The predicted molar refractivity (Wildman–Crippen MR) is 50.4 cm³/mol. The average molecular weight is 180 g/mol. The van der Waals surface area contributed by atoms with Crippen molar-refractivity contribution in [2.24, 2.45) is 0 Å². The first-order valence-electron chi connectivity index (χ1n) is 4.46. The van der Waals surface area contributed by atoms with Gasteiger partial charge < -0.3 is 0 Å². The molecule has 0 aliphatic carbocycles. The molecule has 0 saturated carbocycles. The van der Waals surface area contributed by atoms with Gasteiger partial charge in [-0.25, -0.2) is 4.39 Å². The highest BCUT2D eigenvalue weighted by Crippen LogP contribution is 2.20. The van der Waals surface area contributed by atoms with Gasteiger partial charge in [0.1, 0.15) is 0 Å². The molecular formula is C11H13FO. The second kappa shape index (κ2) is 4.75. The Morgan fingerprint density at radius 1 is 1.46 bits per heavy atom. The lowest BCUT2D eigenvalue weighted by Gasteiger charge is -2.07. The molecule has 0 heterocycles. The van der Waals surface area contributed by atoms with Gasteiger partial charge in [0.2, 0.25) is 0 Å². The molecule has 0 saturated heterocycles. The molecule has 0 aliphatic heterocycles. The van der Waals surface area contributed by atoms with E-state index in [1.807, 2.05) is 19.1 Å². The Balaban J connectivity index is 2.96. The number of benzene rings is 1. The molecule has 1 aromatic carbocycles. The third kappa shape index (κ3) is 2.38. The minimum atomic E-state index is -1.47. The first-order chi connectivity index (χ1) is 6.29. The van der Waals surface area contributed by atoms with Crippen LogP contribution >= 0.6 is 0 Å². The predicted octanol–water partition coefficient (Wildman–Crippen LogP) is 2.85. The summed E-state index contributed by atoms with van der Waals surface area (Å²) in [5.74, 6) is 0. The maximum Gasteiger partial charge on any atom is 0.180 e. The van der Waals surface area contributed by atoms with Crippen LogP contribution in [0.25, 0.3) is 0 Å². The first-order valence-corrected chi connectivity index (χ1v) is 4.46. The lowest BCUT2D eigenvalue weighted by atomic mass is 10.0. The van der Waals surface area contributed by atoms with Crippen molar-refractivity contribution in [3.8, 4) is 0 Å². The molecule has 70 valence electrons. The van der Waals surface area contributed by atoms with Crippen molar-refractivity contribution >= 4 is 6.29 Å². The van der Waals surface area contributed by atoms with Crippen LogP contribution in [0.4, 0.5) is 4.39 Å². The number of aldehydes is 1. The van der Waals surface area contributed by atoms with E-state index >= 15 is 0 Å². The van der Waals surface area contributed by atoms with Gasteiger partial charge >= 0.3 is 0 Å². The molecule has 0 bridgehead atoms. The van der Waals surface area contributed by atoms with E-state index in [1.165, 1.54) is 0 Å². The Bertz CT molecular complexity index is 283. The number of hydrogen-bond donors (Lipinski definition) is 0. The van der Waals surface area contributed by atoms with Crippen molar-refractivity contribution in [3.63, 3.8) is 0 Å². The Kier molecular flexibility index (Phi) is 3.62. The van der Waals surface area contributed by atoms with Crippen molar-refractivity contribution in [1.29, 1.82) is 0 Å². The molecule has 0 aromatic heterocycles. The van der Waals surface area contributed by atoms with Gasteiger partial charge in [0.05, 0.1) is 0 Å². The zero-order valence-corrected chi connectivity index (χ0v) is 7.66. The molecule has 1 atom stereocenters. The number of rotatable bonds is 4. The summed E-state index contributed by atoms with van der Waals surface area (Å²) >= 11 is 0. The van der Waals surface area contributed by atoms with Gasteiger partial charge in [0.15, 0.2) is 12.5 Å². The molecule has 1 unspecified atom stereocenters. The van der Waals surface area contributed by atoms with Gasteiger partial charge in [-0.15, -0.1) is 0 Å². The summed E-state index contributed by atoms with van der Waals surface area (Å²) in [6.45, 7) is 2.03. The maximum absolute atomic E-state index is 13.1. The van der Waals surface area contributed by atoms with E-state index in [0.29, 0.717) is 11.8 Å². The Morgan fingerprint density at radius 3 is 2.77 bits per heavy atom. The summed E-state index contributed by atoms with van der Waals surface area (Å²) in [5.41, 5.74) is 1.45. The zero-order valence-electron chi connectivity index (χ0n) is 7.66. The van der Waals surface area contributed by atoms with Crippen LogP contribution in [0.2, 0.25) is 0 Å². The van der Waals surface area contributed by atoms with E-state index in [-0.39, 0.29) is 0 Å². The van der Waals surface area contributed by atoms with Crippen LogP contribution in [0.15, 0.2) is 24.3 Å². The van der Waals surface area contributed by atoms with Gasteiger partial charge in [-0.3, -0.25) is 4.79 Å². The van der Waals surface area contributed by atoms with Crippen LogP contribution < -0.4 is 0 Å². The largest absolute Gasteiger partial charge is 0.300 e. The van der Waals surface area contributed by atoms with E-state index in [1.54, 1.807) is 12.1 Å². The first kappa shape index (κ1) is 9.90. The van der Waals surface area contributed by atoms with Crippen molar-refractivity contribution in [2.75, 3.05) is 0 Å². The fourth-order valence-electron chi connectivity index (χ4n) is 1.37. The molecule has 13 heavy (non-hydrogen) atoms. The van der Waals surface area contributed by atoms with Crippen molar-refractivity contribution in [2.45, 2.75) is 25.9 Å². The summed E-state index contributed by atoms with van der Waals surface area (Å²) < 4.78 is 13.1. The highest BCUT2D eigenvalue weighted by molar-refractivity contribution is 5.60. The number of aryl methyl sites for hydroxylation is 1. The van der Waals surface area contributed by atoms with E-state index in [0.717, 1.165) is 18.4 Å². The molecule has 0 N–H and O–H groups in total. The smallest absolute Gasteiger partial charge is 0.180 e. The minimum Gasteiger partial charge on any atom is -0.300 e.